The highest BCUT2D eigenvalue weighted by Crippen LogP contribution is 2.30. The molecule has 2 rings (SSSR count). The third-order valence-electron chi connectivity index (χ3n) is 1.64. The number of nitrogens with zero attached hydrogens (tertiary/aromatic N) is 1. The van der Waals surface area contributed by atoms with Crippen molar-refractivity contribution in [3.05, 3.63) is 34.9 Å². The predicted molar refractivity (Wildman–Crippen MR) is 46.2 cm³/mol. The van der Waals surface area contributed by atoms with Gasteiger partial charge < -0.3 is 6.15 Å². The van der Waals surface area contributed by atoms with Crippen LogP contribution in [0.1, 0.15) is 16.7 Å². The monoisotopic (exact) mass is 168 g/mol. The first-order chi connectivity index (χ1) is 4.42. The number of rotatable bonds is 0. The standard InChI is InChI=1S/C8H5N.ClH.H3N/c9-5-7-3-1-2-6-4-8(6)7;;/h1-3H,4H2;1H;1H3. The number of benzene rings is 1. The molecule has 0 aromatic heterocycles. The van der Waals surface area contributed by atoms with Crippen molar-refractivity contribution in [2.75, 3.05) is 0 Å². The van der Waals surface area contributed by atoms with Crippen LogP contribution in [-0.2, 0) is 6.42 Å². The average Bonchev–Trinajstić information content (AvgIpc) is 2.64. The number of halogens is 1. The quantitative estimate of drug-likeness (QED) is 0.655. The van der Waals surface area contributed by atoms with Crippen LogP contribution in [0, 0.1) is 11.3 Å². The van der Waals surface area contributed by atoms with Crippen LogP contribution in [0.15, 0.2) is 18.2 Å². The van der Waals surface area contributed by atoms with Gasteiger partial charge >= 0.3 is 0 Å². The van der Waals surface area contributed by atoms with Crippen molar-refractivity contribution >= 4 is 12.4 Å². The smallest absolute Gasteiger partial charge is 0.0994 e. The van der Waals surface area contributed by atoms with E-state index in [1.54, 1.807) is 0 Å². The van der Waals surface area contributed by atoms with Crippen molar-refractivity contribution < 1.29 is 0 Å². The third-order valence-corrected chi connectivity index (χ3v) is 1.64. The summed E-state index contributed by atoms with van der Waals surface area (Å²) in [6.45, 7) is 0. The second-order valence-electron chi connectivity index (χ2n) is 2.23. The van der Waals surface area contributed by atoms with Crippen molar-refractivity contribution in [1.29, 1.82) is 5.26 Å². The summed E-state index contributed by atoms with van der Waals surface area (Å²) in [5.41, 5.74) is 3.45. The fourth-order valence-electron chi connectivity index (χ4n) is 1.04. The Morgan fingerprint density at radius 1 is 1.36 bits per heavy atom. The van der Waals surface area contributed by atoms with Gasteiger partial charge in [-0.3, -0.25) is 0 Å². The molecule has 0 fully saturated rings. The van der Waals surface area contributed by atoms with Crippen molar-refractivity contribution in [3.8, 4) is 6.07 Å². The molecule has 0 atom stereocenters. The second kappa shape index (κ2) is 3.38. The molecule has 1 aliphatic carbocycles. The maximum absolute atomic E-state index is 8.50. The SMILES string of the molecule is Cl.N.N#Cc1cccc2c1C2. The Morgan fingerprint density at radius 3 is 2.64 bits per heavy atom. The Labute approximate surface area is 71.8 Å². The topological polar surface area (TPSA) is 58.8 Å². The number of nitriles is 1. The van der Waals surface area contributed by atoms with Gasteiger partial charge in [-0.25, -0.2) is 0 Å². The molecule has 0 saturated heterocycles. The largest absolute Gasteiger partial charge is 0.344 e. The summed E-state index contributed by atoms with van der Waals surface area (Å²) in [6, 6.07) is 8.01. The normalized spacial score (nSPS) is 9.73. The molecule has 0 aliphatic heterocycles. The summed E-state index contributed by atoms with van der Waals surface area (Å²) in [6.07, 6.45) is 1.04. The van der Waals surface area contributed by atoms with Gasteiger partial charge in [-0.15, -0.1) is 12.4 Å². The van der Waals surface area contributed by atoms with E-state index in [0.717, 1.165) is 12.0 Å². The lowest BCUT2D eigenvalue weighted by Gasteiger charge is -1.79. The highest BCUT2D eigenvalue weighted by atomic mass is 35.5. The van der Waals surface area contributed by atoms with Gasteiger partial charge in [0.2, 0.25) is 0 Å². The van der Waals surface area contributed by atoms with Crippen LogP contribution in [0.5, 0.6) is 0 Å². The molecule has 3 N–H and O–H groups in total. The molecule has 1 aromatic rings. The predicted octanol–water partition coefficient (Wildman–Crippen LogP) is 2.05. The van der Waals surface area contributed by atoms with Gasteiger partial charge in [0.1, 0.15) is 0 Å². The summed E-state index contributed by atoms with van der Waals surface area (Å²) < 4.78 is 0. The molecule has 0 radical (unpaired) electrons. The summed E-state index contributed by atoms with van der Waals surface area (Å²) >= 11 is 0. The average molecular weight is 169 g/mol. The highest BCUT2D eigenvalue weighted by molar-refractivity contribution is 5.85. The lowest BCUT2D eigenvalue weighted by atomic mass is 10.2. The van der Waals surface area contributed by atoms with E-state index in [9.17, 15) is 0 Å². The number of hydrogen-bond donors (Lipinski definition) is 1. The van der Waals surface area contributed by atoms with Gasteiger partial charge in [0.25, 0.3) is 0 Å². The van der Waals surface area contributed by atoms with Crippen molar-refractivity contribution in [1.82, 2.24) is 6.15 Å². The van der Waals surface area contributed by atoms with Gasteiger partial charge in [0, 0.05) is 0 Å². The molecule has 11 heavy (non-hydrogen) atoms. The molecule has 1 aliphatic rings. The van der Waals surface area contributed by atoms with Crippen molar-refractivity contribution in [2.24, 2.45) is 0 Å². The van der Waals surface area contributed by atoms with Gasteiger partial charge in [0.15, 0.2) is 0 Å². The van der Waals surface area contributed by atoms with Crippen LogP contribution in [0.4, 0.5) is 0 Å². The van der Waals surface area contributed by atoms with E-state index in [0.29, 0.717) is 0 Å². The van der Waals surface area contributed by atoms with E-state index in [1.807, 2.05) is 12.1 Å². The first-order valence-electron chi connectivity index (χ1n) is 2.92. The highest BCUT2D eigenvalue weighted by Gasteiger charge is 2.19. The fourth-order valence-corrected chi connectivity index (χ4v) is 1.04. The lowest BCUT2D eigenvalue weighted by molar-refractivity contribution is 1.48. The molecule has 2 nitrogen and oxygen atoms in total. The Bertz CT molecular complexity index is 301. The van der Waals surface area contributed by atoms with E-state index < -0.39 is 0 Å². The number of hydrogen-bond acceptors (Lipinski definition) is 2. The minimum atomic E-state index is 0. The Kier molecular flexibility index (Phi) is 3.06. The van der Waals surface area contributed by atoms with E-state index in [1.165, 1.54) is 11.1 Å². The van der Waals surface area contributed by atoms with E-state index >= 15 is 0 Å². The molecule has 58 valence electrons. The summed E-state index contributed by atoms with van der Waals surface area (Å²) in [7, 11) is 0. The minimum Gasteiger partial charge on any atom is -0.344 e. The molecule has 0 heterocycles. The first kappa shape index (κ1) is 9.96. The molecule has 0 bridgehead atoms. The van der Waals surface area contributed by atoms with Crippen LogP contribution >= 0.6 is 12.4 Å². The second-order valence-corrected chi connectivity index (χ2v) is 2.23. The first-order valence-corrected chi connectivity index (χ1v) is 2.92. The molecule has 0 amide bonds. The van der Waals surface area contributed by atoms with Crippen molar-refractivity contribution in [2.45, 2.75) is 6.42 Å². The van der Waals surface area contributed by atoms with E-state index in [2.05, 4.69) is 12.1 Å². The zero-order valence-corrected chi connectivity index (χ0v) is 6.82. The molecule has 3 heteroatoms. The van der Waals surface area contributed by atoms with Crippen LogP contribution in [0.25, 0.3) is 0 Å². The van der Waals surface area contributed by atoms with Gasteiger partial charge in [0.05, 0.1) is 11.6 Å². The molecular formula is C8H9ClN2. The van der Waals surface area contributed by atoms with Gasteiger partial charge in [-0.05, 0) is 23.6 Å². The van der Waals surface area contributed by atoms with E-state index in [4.69, 9.17) is 5.26 Å². The molecule has 0 spiro atoms. The molecule has 0 unspecified atom stereocenters. The minimum absolute atomic E-state index is 0. The van der Waals surface area contributed by atoms with E-state index in [-0.39, 0.29) is 18.6 Å². The lowest BCUT2D eigenvalue weighted by Crippen LogP contribution is -1.67. The molecular weight excluding hydrogens is 160 g/mol. The maximum Gasteiger partial charge on any atom is 0.0994 e. The zero-order valence-electron chi connectivity index (χ0n) is 6.00. The Morgan fingerprint density at radius 2 is 2.09 bits per heavy atom. The fraction of sp³-hybridized carbons (Fsp3) is 0.125. The third kappa shape index (κ3) is 1.51. The Balaban J connectivity index is 0.000000500. The van der Waals surface area contributed by atoms with Crippen LogP contribution in [0.3, 0.4) is 0 Å². The zero-order chi connectivity index (χ0) is 6.27. The molecule has 0 saturated carbocycles. The number of fused-ring (bicyclic) bond motifs is 1. The van der Waals surface area contributed by atoms with Crippen molar-refractivity contribution in [3.63, 3.8) is 0 Å². The van der Waals surface area contributed by atoms with Crippen LogP contribution < -0.4 is 6.15 Å². The summed E-state index contributed by atoms with van der Waals surface area (Å²) in [4.78, 5) is 0. The summed E-state index contributed by atoms with van der Waals surface area (Å²) in [5, 5.41) is 8.50. The molecule has 1 aromatic carbocycles. The van der Waals surface area contributed by atoms with Gasteiger partial charge in [-0.2, -0.15) is 5.26 Å². The maximum atomic E-state index is 8.50. The summed E-state index contributed by atoms with van der Waals surface area (Å²) in [5.74, 6) is 0. The van der Waals surface area contributed by atoms with Crippen LogP contribution in [0.2, 0.25) is 0 Å². The Hall–Kier alpha value is -1.04. The van der Waals surface area contributed by atoms with Gasteiger partial charge in [-0.1, -0.05) is 12.1 Å². The van der Waals surface area contributed by atoms with Crippen LogP contribution in [-0.4, -0.2) is 0 Å².